The van der Waals surface area contributed by atoms with Crippen LogP contribution in [0.4, 0.5) is 10.2 Å². The molecule has 0 amide bonds. The molecule has 0 aliphatic heterocycles. The summed E-state index contributed by atoms with van der Waals surface area (Å²) in [4.78, 5) is 20.7. The fourth-order valence-corrected chi connectivity index (χ4v) is 3.36. The maximum Gasteiger partial charge on any atom is 0.191 e. The van der Waals surface area contributed by atoms with Crippen molar-refractivity contribution in [1.82, 2.24) is 24.9 Å². The predicted octanol–water partition coefficient (Wildman–Crippen LogP) is 4.90. The Bertz CT molecular complexity index is 1340. The lowest BCUT2D eigenvalue weighted by molar-refractivity contribution is 0.621. The molecule has 0 atom stereocenters. The Hall–Kier alpha value is -4.26. The molecule has 0 bridgehead atoms. The van der Waals surface area contributed by atoms with Crippen molar-refractivity contribution in [3.05, 3.63) is 97.1 Å². The molecule has 31 heavy (non-hydrogen) atoms. The van der Waals surface area contributed by atoms with E-state index >= 15 is 4.39 Å². The quantitative estimate of drug-likeness (QED) is 0.446. The molecule has 0 spiro atoms. The summed E-state index contributed by atoms with van der Waals surface area (Å²) < 4.78 is 15.1. The van der Waals surface area contributed by atoms with E-state index in [9.17, 15) is 0 Å². The molecular formula is C24H17FN6. The lowest BCUT2D eigenvalue weighted by Gasteiger charge is -2.10. The maximum atomic E-state index is 15.1. The Kier molecular flexibility index (Phi) is 4.98. The molecule has 6 nitrogen and oxygen atoms in total. The normalized spacial score (nSPS) is 10.9. The van der Waals surface area contributed by atoms with Crippen LogP contribution < -0.4 is 5.32 Å². The number of hydrogen-bond acceptors (Lipinski definition) is 6. The second-order valence-electron chi connectivity index (χ2n) is 6.94. The first-order valence-electron chi connectivity index (χ1n) is 9.73. The zero-order chi connectivity index (χ0) is 21.0. The third-order valence-corrected chi connectivity index (χ3v) is 4.96. The van der Waals surface area contributed by atoms with Gasteiger partial charge in [-0.1, -0.05) is 36.4 Å². The molecule has 0 saturated heterocycles. The van der Waals surface area contributed by atoms with Crippen LogP contribution in [-0.2, 0) is 6.54 Å². The van der Waals surface area contributed by atoms with Crippen molar-refractivity contribution in [2.45, 2.75) is 6.54 Å². The molecule has 0 unspecified atom stereocenters. The highest BCUT2D eigenvalue weighted by molar-refractivity contribution is 5.84. The van der Waals surface area contributed by atoms with Gasteiger partial charge in [0.05, 0.1) is 11.2 Å². The molecule has 150 valence electrons. The van der Waals surface area contributed by atoms with Crippen molar-refractivity contribution in [3.8, 4) is 22.5 Å². The average molecular weight is 408 g/mol. The van der Waals surface area contributed by atoms with E-state index in [1.54, 1.807) is 12.4 Å². The standard InChI is InChI=1S/C24H17FN6/c25-22-23(19-7-8-20-18(12-19)2-1-10-27-20)30-15-31-24(22)28-13-16-3-5-17(6-4-16)21-9-11-26-14-29-21/h1-12,14-15H,13H2,(H,28,30,31). The number of rotatable bonds is 5. The van der Waals surface area contributed by atoms with Gasteiger partial charge in [0.2, 0.25) is 0 Å². The van der Waals surface area contributed by atoms with Crippen LogP contribution in [0.25, 0.3) is 33.4 Å². The minimum atomic E-state index is -0.483. The van der Waals surface area contributed by atoms with Crippen LogP contribution in [0.15, 0.2) is 85.7 Å². The van der Waals surface area contributed by atoms with Gasteiger partial charge in [0.15, 0.2) is 11.6 Å². The first-order valence-corrected chi connectivity index (χ1v) is 9.73. The van der Waals surface area contributed by atoms with E-state index in [4.69, 9.17) is 0 Å². The zero-order valence-corrected chi connectivity index (χ0v) is 16.4. The third kappa shape index (κ3) is 3.93. The van der Waals surface area contributed by atoms with E-state index in [1.807, 2.05) is 60.7 Å². The summed E-state index contributed by atoms with van der Waals surface area (Å²) in [5.41, 5.74) is 4.62. The van der Waals surface area contributed by atoms with Crippen LogP contribution in [-0.4, -0.2) is 24.9 Å². The van der Waals surface area contributed by atoms with Gasteiger partial charge in [-0.2, -0.15) is 0 Å². The summed E-state index contributed by atoms with van der Waals surface area (Å²) in [5, 5.41) is 4.00. The Labute approximate surface area is 177 Å². The van der Waals surface area contributed by atoms with E-state index in [1.165, 1.54) is 12.7 Å². The second kappa shape index (κ2) is 8.23. The number of aromatic nitrogens is 5. The molecule has 2 aromatic carbocycles. The fourth-order valence-electron chi connectivity index (χ4n) is 3.36. The Morgan fingerprint density at radius 1 is 0.774 bits per heavy atom. The number of nitrogens with zero attached hydrogens (tertiary/aromatic N) is 5. The third-order valence-electron chi connectivity index (χ3n) is 4.96. The van der Waals surface area contributed by atoms with Crippen LogP contribution in [0.1, 0.15) is 5.56 Å². The van der Waals surface area contributed by atoms with Crippen molar-refractivity contribution >= 4 is 16.7 Å². The number of pyridine rings is 1. The predicted molar refractivity (Wildman–Crippen MR) is 118 cm³/mol. The molecule has 0 radical (unpaired) electrons. The number of fused-ring (bicyclic) bond motifs is 1. The van der Waals surface area contributed by atoms with Crippen molar-refractivity contribution in [2.24, 2.45) is 0 Å². The topological polar surface area (TPSA) is 76.5 Å². The summed E-state index contributed by atoms with van der Waals surface area (Å²) in [6.07, 6.45) is 6.33. The molecule has 5 aromatic rings. The van der Waals surface area contributed by atoms with Crippen LogP contribution in [0.5, 0.6) is 0 Å². The van der Waals surface area contributed by atoms with Gasteiger partial charge >= 0.3 is 0 Å². The Morgan fingerprint density at radius 3 is 2.48 bits per heavy atom. The van der Waals surface area contributed by atoms with Crippen molar-refractivity contribution in [1.29, 1.82) is 0 Å². The fraction of sp³-hybridized carbons (Fsp3) is 0.0417. The molecular weight excluding hydrogens is 391 g/mol. The number of anilines is 1. The van der Waals surface area contributed by atoms with Gasteiger partial charge in [0.25, 0.3) is 0 Å². The van der Waals surface area contributed by atoms with Gasteiger partial charge in [-0.05, 0) is 29.8 Å². The van der Waals surface area contributed by atoms with E-state index in [2.05, 4.69) is 30.2 Å². The molecule has 3 heterocycles. The SMILES string of the molecule is Fc1c(NCc2ccc(-c3ccncn3)cc2)ncnc1-c1ccc2ncccc2c1. The van der Waals surface area contributed by atoms with E-state index in [0.29, 0.717) is 12.1 Å². The summed E-state index contributed by atoms with van der Waals surface area (Å²) in [5.74, 6) is -0.320. The number of nitrogens with one attached hydrogen (secondary N) is 1. The molecule has 0 saturated carbocycles. The van der Waals surface area contributed by atoms with Crippen molar-refractivity contribution < 1.29 is 4.39 Å². The van der Waals surface area contributed by atoms with Gasteiger partial charge in [0.1, 0.15) is 18.3 Å². The summed E-state index contributed by atoms with van der Waals surface area (Å²) >= 11 is 0. The minimum Gasteiger partial charge on any atom is -0.363 e. The monoisotopic (exact) mass is 408 g/mol. The molecule has 0 aliphatic carbocycles. The largest absolute Gasteiger partial charge is 0.363 e. The van der Waals surface area contributed by atoms with Crippen molar-refractivity contribution in [3.63, 3.8) is 0 Å². The lowest BCUT2D eigenvalue weighted by atomic mass is 10.1. The van der Waals surface area contributed by atoms with Gasteiger partial charge in [-0.15, -0.1) is 0 Å². The number of hydrogen-bond donors (Lipinski definition) is 1. The van der Waals surface area contributed by atoms with Gasteiger partial charge in [0, 0.05) is 35.5 Å². The van der Waals surface area contributed by atoms with Crippen LogP contribution >= 0.6 is 0 Å². The molecule has 1 N–H and O–H groups in total. The van der Waals surface area contributed by atoms with Gasteiger partial charge < -0.3 is 5.32 Å². The van der Waals surface area contributed by atoms with Crippen molar-refractivity contribution in [2.75, 3.05) is 5.32 Å². The highest BCUT2D eigenvalue weighted by Crippen LogP contribution is 2.27. The van der Waals surface area contributed by atoms with Crippen LogP contribution in [0.3, 0.4) is 0 Å². The lowest BCUT2D eigenvalue weighted by Crippen LogP contribution is -2.05. The smallest absolute Gasteiger partial charge is 0.191 e. The summed E-state index contributed by atoms with van der Waals surface area (Å²) in [6.45, 7) is 0.430. The highest BCUT2D eigenvalue weighted by atomic mass is 19.1. The van der Waals surface area contributed by atoms with E-state index in [0.717, 1.165) is 27.7 Å². The van der Waals surface area contributed by atoms with Gasteiger partial charge in [-0.3, -0.25) is 4.98 Å². The first kappa shape index (κ1) is 18.7. The van der Waals surface area contributed by atoms with Gasteiger partial charge in [-0.25, -0.2) is 24.3 Å². The first-order chi connectivity index (χ1) is 15.3. The van der Waals surface area contributed by atoms with E-state index < -0.39 is 5.82 Å². The second-order valence-corrected chi connectivity index (χ2v) is 6.94. The van der Waals surface area contributed by atoms with E-state index in [-0.39, 0.29) is 11.5 Å². The number of halogens is 1. The maximum absolute atomic E-state index is 15.1. The zero-order valence-electron chi connectivity index (χ0n) is 16.4. The summed E-state index contributed by atoms with van der Waals surface area (Å²) in [6, 6.07) is 19.1. The molecule has 7 heteroatoms. The average Bonchev–Trinajstić information content (AvgIpc) is 2.84. The molecule has 5 rings (SSSR count). The number of benzene rings is 2. The molecule has 0 fully saturated rings. The Balaban J connectivity index is 1.35. The summed E-state index contributed by atoms with van der Waals surface area (Å²) in [7, 11) is 0. The molecule has 0 aliphatic rings. The molecule has 3 aromatic heterocycles. The Morgan fingerprint density at radius 2 is 1.65 bits per heavy atom. The van der Waals surface area contributed by atoms with Crippen LogP contribution in [0, 0.1) is 5.82 Å². The van der Waals surface area contributed by atoms with Crippen LogP contribution in [0.2, 0.25) is 0 Å². The minimum absolute atomic E-state index is 0.163. The highest BCUT2D eigenvalue weighted by Gasteiger charge is 2.13.